The molecule has 0 bridgehead atoms. The average Bonchev–Trinajstić information content (AvgIpc) is 3.61. The molecule has 1 fully saturated rings. The SMILES string of the molecule is Cc1cccc(-n2c(SCC(=O)NC(C)(C#N)C3CC3)nc3ccccc3c2=O)c1C. The minimum atomic E-state index is -0.846. The molecule has 158 valence electrons. The van der Waals surface area contributed by atoms with Gasteiger partial charge in [-0.25, -0.2) is 4.98 Å². The van der Waals surface area contributed by atoms with Crippen LogP contribution in [0.1, 0.15) is 30.9 Å². The monoisotopic (exact) mass is 432 g/mol. The summed E-state index contributed by atoms with van der Waals surface area (Å²) in [5.41, 5.74) is 2.39. The molecule has 3 aromatic rings. The van der Waals surface area contributed by atoms with Crippen molar-refractivity contribution in [2.24, 2.45) is 5.92 Å². The van der Waals surface area contributed by atoms with Crippen LogP contribution in [0.15, 0.2) is 52.4 Å². The van der Waals surface area contributed by atoms with Crippen molar-refractivity contribution >= 4 is 28.6 Å². The molecular weight excluding hydrogens is 408 g/mol. The maximum Gasteiger partial charge on any atom is 0.266 e. The zero-order valence-corrected chi connectivity index (χ0v) is 18.6. The Labute approximate surface area is 185 Å². The number of rotatable bonds is 6. The van der Waals surface area contributed by atoms with Crippen LogP contribution in [0.4, 0.5) is 0 Å². The van der Waals surface area contributed by atoms with E-state index in [9.17, 15) is 14.9 Å². The maximum atomic E-state index is 13.4. The van der Waals surface area contributed by atoms with Crippen LogP contribution in [0.3, 0.4) is 0 Å². The minimum Gasteiger partial charge on any atom is -0.337 e. The van der Waals surface area contributed by atoms with E-state index in [-0.39, 0.29) is 23.1 Å². The summed E-state index contributed by atoms with van der Waals surface area (Å²) >= 11 is 1.21. The summed E-state index contributed by atoms with van der Waals surface area (Å²) in [4.78, 5) is 30.7. The summed E-state index contributed by atoms with van der Waals surface area (Å²) in [6.07, 6.45) is 1.91. The van der Waals surface area contributed by atoms with Gasteiger partial charge in [-0.15, -0.1) is 0 Å². The lowest BCUT2D eigenvalue weighted by Crippen LogP contribution is -2.47. The topological polar surface area (TPSA) is 87.8 Å². The Hall–Kier alpha value is -3.11. The molecule has 1 aromatic heterocycles. The number of para-hydroxylation sites is 1. The Balaban J connectivity index is 1.71. The third-order valence-corrected chi connectivity index (χ3v) is 6.86. The molecule has 1 saturated carbocycles. The second-order valence-electron chi connectivity index (χ2n) is 8.20. The number of carbonyl (C=O) groups excluding carboxylic acids is 1. The molecule has 1 N–H and O–H groups in total. The molecule has 1 heterocycles. The van der Waals surface area contributed by atoms with Crippen molar-refractivity contribution in [3.05, 3.63) is 63.9 Å². The van der Waals surface area contributed by atoms with Crippen molar-refractivity contribution in [1.29, 1.82) is 5.26 Å². The number of fused-ring (bicyclic) bond motifs is 1. The minimum absolute atomic E-state index is 0.0691. The van der Waals surface area contributed by atoms with Crippen molar-refractivity contribution in [1.82, 2.24) is 14.9 Å². The van der Waals surface area contributed by atoms with Crippen LogP contribution in [0.5, 0.6) is 0 Å². The molecule has 1 aliphatic rings. The van der Waals surface area contributed by atoms with Gasteiger partial charge >= 0.3 is 0 Å². The van der Waals surface area contributed by atoms with E-state index in [0.29, 0.717) is 16.1 Å². The fourth-order valence-electron chi connectivity index (χ4n) is 3.74. The fourth-order valence-corrected chi connectivity index (χ4v) is 4.54. The Morgan fingerprint density at radius 2 is 2.00 bits per heavy atom. The number of nitriles is 1. The zero-order chi connectivity index (χ0) is 22.2. The third-order valence-electron chi connectivity index (χ3n) is 5.92. The van der Waals surface area contributed by atoms with Gasteiger partial charge in [-0.05, 0) is 68.9 Å². The number of carbonyl (C=O) groups is 1. The molecule has 0 radical (unpaired) electrons. The van der Waals surface area contributed by atoms with Crippen molar-refractivity contribution in [2.75, 3.05) is 5.75 Å². The highest BCUT2D eigenvalue weighted by Gasteiger charge is 2.43. The van der Waals surface area contributed by atoms with Crippen LogP contribution in [-0.4, -0.2) is 26.8 Å². The number of benzene rings is 2. The number of thioether (sulfide) groups is 1. The van der Waals surface area contributed by atoms with Crippen molar-refractivity contribution in [2.45, 2.75) is 44.3 Å². The third kappa shape index (κ3) is 4.08. The highest BCUT2D eigenvalue weighted by molar-refractivity contribution is 7.99. The summed E-state index contributed by atoms with van der Waals surface area (Å²) in [5.74, 6) is 0.0360. The second kappa shape index (κ2) is 8.20. The Morgan fingerprint density at radius 3 is 2.71 bits per heavy atom. The molecule has 1 aliphatic carbocycles. The predicted octanol–water partition coefficient (Wildman–Crippen LogP) is 3.90. The van der Waals surface area contributed by atoms with E-state index < -0.39 is 5.54 Å². The largest absolute Gasteiger partial charge is 0.337 e. The Morgan fingerprint density at radius 1 is 1.26 bits per heavy atom. The highest BCUT2D eigenvalue weighted by atomic mass is 32.2. The van der Waals surface area contributed by atoms with E-state index in [4.69, 9.17) is 4.98 Å². The standard InChI is InChI=1S/C24H24N4O2S/c1-15-7-6-10-20(16(15)2)28-22(30)18-8-4-5-9-19(18)26-23(28)31-13-21(29)27-24(3,14-25)17-11-12-17/h4-10,17H,11-13H2,1-3H3,(H,27,29). The van der Waals surface area contributed by atoms with E-state index in [2.05, 4.69) is 11.4 Å². The van der Waals surface area contributed by atoms with E-state index >= 15 is 0 Å². The normalized spacial score (nSPS) is 15.3. The fraction of sp³-hybridized carbons (Fsp3) is 0.333. The lowest BCUT2D eigenvalue weighted by atomic mass is 9.98. The van der Waals surface area contributed by atoms with Gasteiger partial charge in [0.15, 0.2) is 5.16 Å². The van der Waals surface area contributed by atoms with Gasteiger partial charge in [0.1, 0.15) is 5.54 Å². The van der Waals surface area contributed by atoms with E-state index in [1.807, 2.05) is 44.2 Å². The predicted molar refractivity (Wildman–Crippen MR) is 122 cm³/mol. The van der Waals surface area contributed by atoms with E-state index in [0.717, 1.165) is 29.7 Å². The number of nitrogens with one attached hydrogen (secondary N) is 1. The van der Waals surface area contributed by atoms with Crippen molar-refractivity contribution in [3.63, 3.8) is 0 Å². The molecule has 1 unspecified atom stereocenters. The number of aryl methyl sites for hydroxylation is 1. The van der Waals surface area contributed by atoms with Crippen LogP contribution in [0.2, 0.25) is 0 Å². The van der Waals surface area contributed by atoms with Gasteiger partial charge in [-0.1, -0.05) is 36.0 Å². The molecule has 1 atom stereocenters. The van der Waals surface area contributed by atoms with E-state index in [1.54, 1.807) is 23.6 Å². The van der Waals surface area contributed by atoms with Crippen LogP contribution < -0.4 is 10.9 Å². The van der Waals surface area contributed by atoms with Gasteiger partial charge in [-0.2, -0.15) is 5.26 Å². The van der Waals surface area contributed by atoms with Gasteiger partial charge in [0.2, 0.25) is 5.91 Å². The summed E-state index contributed by atoms with van der Waals surface area (Å²) in [6, 6.07) is 15.3. The molecule has 31 heavy (non-hydrogen) atoms. The van der Waals surface area contributed by atoms with Gasteiger partial charge < -0.3 is 5.32 Å². The smallest absolute Gasteiger partial charge is 0.266 e. The first-order chi connectivity index (χ1) is 14.8. The maximum absolute atomic E-state index is 13.4. The van der Waals surface area contributed by atoms with E-state index in [1.165, 1.54) is 11.8 Å². The van der Waals surface area contributed by atoms with Crippen molar-refractivity contribution in [3.8, 4) is 11.8 Å². The number of nitrogens with zero attached hydrogens (tertiary/aromatic N) is 3. The number of hydrogen-bond acceptors (Lipinski definition) is 5. The van der Waals surface area contributed by atoms with Gasteiger partial charge in [0.25, 0.3) is 5.56 Å². The molecule has 4 rings (SSSR count). The molecule has 0 aliphatic heterocycles. The van der Waals surface area contributed by atoms with Gasteiger partial charge in [0.05, 0.1) is 28.4 Å². The van der Waals surface area contributed by atoms with Crippen LogP contribution in [0, 0.1) is 31.1 Å². The van der Waals surface area contributed by atoms with Crippen LogP contribution in [-0.2, 0) is 4.79 Å². The first kappa shape index (κ1) is 21.1. The zero-order valence-electron chi connectivity index (χ0n) is 17.8. The van der Waals surface area contributed by atoms with Crippen LogP contribution in [0.25, 0.3) is 16.6 Å². The van der Waals surface area contributed by atoms with Crippen molar-refractivity contribution < 1.29 is 4.79 Å². The quantitative estimate of drug-likeness (QED) is 0.471. The summed E-state index contributed by atoms with van der Waals surface area (Å²) < 4.78 is 1.59. The molecule has 0 saturated heterocycles. The lowest BCUT2D eigenvalue weighted by Gasteiger charge is -2.23. The van der Waals surface area contributed by atoms with Crippen LogP contribution >= 0.6 is 11.8 Å². The Bertz CT molecular complexity index is 1270. The van der Waals surface area contributed by atoms with Gasteiger partial charge in [0, 0.05) is 0 Å². The number of amides is 1. The Kier molecular flexibility index (Phi) is 5.59. The first-order valence-electron chi connectivity index (χ1n) is 10.3. The number of hydrogen-bond donors (Lipinski definition) is 1. The average molecular weight is 433 g/mol. The summed E-state index contributed by atoms with van der Waals surface area (Å²) in [7, 11) is 0. The molecule has 7 heteroatoms. The number of aromatic nitrogens is 2. The first-order valence-corrected chi connectivity index (χ1v) is 11.3. The molecule has 2 aromatic carbocycles. The molecule has 0 spiro atoms. The summed E-state index contributed by atoms with van der Waals surface area (Å²) in [6.45, 7) is 5.74. The highest BCUT2D eigenvalue weighted by Crippen LogP contribution is 2.39. The van der Waals surface area contributed by atoms with Gasteiger partial charge in [-0.3, -0.25) is 14.2 Å². The molecule has 1 amide bonds. The summed E-state index contributed by atoms with van der Waals surface area (Å²) in [5, 5.41) is 13.4. The molecular formula is C24H24N4O2S. The lowest BCUT2D eigenvalue weighted by molar-refractivity contribution is -0.119. The second-order valence-corrected chi connectivity index (χ2v) is 9.14. The molecule has 6 nitrogen and oxygen atoms in total.